The van der Waals surface area contributed by atoms with Crippen LogP contribution in [0.5, 0.6) is 0 Å². The Kier molecular flexibility index (Phi) is 4.06. The normalized spacial score (nSPS) is 20.3. The number of nitrogens with one attached hydrogen (secondary N) is 1. The number of hydrogen-bond acceptors (Lipinski definition) is 5. The molecule has 0 aromatic carbocycles. The molecular weight excluding hydrogens is 265 g/mol. The average Bonchev–Trinajstić information content (AvgIpc) is 2.96. The van der Waals surface area contributed by atoms with Crippen LogP contribution < -0.4 is 10.2 Å². The maximum Gasteiger partial charge on any atom is 0.452 e. The van der Waals surface area contributed by atoms with Crippen LogP contribution in [0.25, 0.3) is 0 Å². The zero-order chi connectivity index (χ0) is 13.2. The smallest absolute Gasteiger partial charge is 0.343 e. The molecule has 1 fully saturated rings. The molecule has 1 aliphatic heterocycles. The third-order valence-electron chi connectivity index (χ3n) is 2.85. The van der Waals surface area contributed by atoms with Gasteiger partial charge in [-0.1, -0.05) is 6.92 Å². The van der Waals surface area contributed by atoms with Crippen LogP contribution in [-0.4, -0.2) is 35.0 Å². The topological polar surface area (TPSA) is 41.1 Å². The molecule has 0 aliphatic carbocycles. The molecule has 2 heterocycles. The van der Waals surface area contributed by atoms with Crippen LogP contribution in [0.1, 0.15) is 25.6 Å². The van der Waals surface area contributed by atoms with E-state index in [0.717, 1.165) is 37.5 Å². The Hall–Kier alpha value is -0.890. The van der Waals surface area contributed by atoms with Gasteiger partial charge in [0, 0.05) is 30.7 Å². The van der Waals surface area contributed by atoms with Crippen molar-refractivity contribution in [3.63, 3.8) is 0 Å². The number of halogens is 3. The number of hydrogen-bond donors (Lipinski definition) is 1. The van der Waals surface area contributed by atoms with Crippen LogP contribution in [-0.2, 0) is 6.18 Å². The third-order valence-corrected chi connectivity index (χ3v) is 3.61. The summed E-state index contributed by atoms with van der Waals surface area (Å²) in [6.45, 7) is 4.40. The molecule has 1 aliphatic rings. The van der Waals surface area contributed by atoms with Gasteiger partial charge in [-0.15, -0.1) is 0 Å². The summed E-state index contributed by atoms with van der Waals surface area (Å²) in [7, 11) is 0. The first-order valence-electron chi connectivity index (χ1n) is 5.90. The molecule has 2 rings (SSSR count). The van der Waals surface area contributed by atoms with Gasteiger partial charge in [0.15, 0.2) is 0 Å². The van der Waals surface area contributed by atoms with Crippen LogP contribution in [0.3, 0.4) is 0 Å². The number of aromatic nitrogens is 2. The van der Waals surface area contributed by atoms with Gasteiger partial charge >= 0.3 is 6.18 Å². The maximum atomic E-state index is 12.5. The molecule has 102 valence electrons. The first kappa shape index (κ1) is 13.5. The number of nitrogens with zero attached hydrogens (tertiary/aromatic N) is 3. The van der Waals surface area contributed by atoms with Crippen molar-refractivity contribution in [1.82, 2.24) is 14.7 Å². The van der Waals surface area contributed by atoms with Crippen molar-refractivity contribution in [2.24, 2.45) is 0 Å². The van der Waals surface area contributed by atoms with Gasteiger partial charge < -0.3 is 10.2 Å². The van der Waals surface area contributed by atoms with Crippen molar-refractivity contribution in [1.29, 1.82) is 0 Å². The molecule has 4 nitrogen and oxygen atoms in total. The minimum atomic E-state index is -4.46. The van der Waals surface area contributed by atoms with E-state index in [1.165, 1.54) is 0 Å². The number of rotatable bonds is 4. The summed E-state index contributed by atoms with van der Waals surface area (Å²) in [6, 6.07) is 0.221. The van der Waals surface area contributed by atoms with Gasteiger partial charge in [0.2, 0.25) is 11.0 Å². The molecule has 18 heavy (non-hydrogen) atoms. The third kappa shape index (κ3) is 2.92. The van der Waals surface area contributed by atoms with Crippen LogP contribution in [0, 0.1) is 0 Å². The molecule has 1 N–H and O–H groups in total. The van der Waals surface area contributed by atoms with E-state index in [0.29, 0.717) is 11.7 Å². The molecule has 1 aromatic heterocycles. The van der Waals surface area contributed by atoms with E-state index in [2.05, 4.69) is 14.7 Å². The predicted molar refractivity (Wildman–Crippen MR) is 63.8 cm³/mol. The molecule has 0 saturated carbocycles. The van der Waals surface area contributed by atoms with E-state index in [4.69, 9.17) is 0 Å². The highest BCUT2D eigenvalue weighted by molar-refractivity contribution is 7.09. The highest BCUT2D eigenvalue weighted by Gasteiger charge is 2.37. The Morgan fingerprint density at radius 3 is 2.78 bits per heavy atom. The fraction of sp³-hybridized carbons (Fsp3) is 0.800. The Labute approximate surface area is 107 Å². The summed E-state index contributed by atoms with van der Waals surface area (Å²) in [5, 5.41) is 3.58. The molecule has 0 bridgehead atoms. The molecule has 0 radical (unpaired) electrons. The number of anilines is 1. The molecule has 1 aromatic rings. The van der Waals surface area contributed by atoms with Crippen molar-refractivity contribution in [2.45, 2.75) is 32.0 Å². The monoisotopic (exact) mass is 280 g/mol. The summed E-state index contributed by atoms with van der Waals surface area (Å²) >= 11 is 0.828. The Bertz CT molecular complexity index is 387. The van der Waals surface area contributed by atoms with Gasteiger partial charge in [-0.25, -0.2) is 0 Å². The lowest BCUT2D eigenvalue weighted by molar-refractivity contribution is -0.144. The maximum absolute atomic E-state index is 12.5. The second-order valence-electron chi connectivity index (χ2n) is 4.24. The first-order chi connectivity index (χ1) is 8.52. The minimum Gasteiger partial charge on any atom is -0.343 e. The summed E-state index contributed by atoms with van der Waals surface area (Å²) in [4.78, 5) is 5.56. The van der Waals surface area contributed by atoms with Crippen LogP contribution in [0.2, 0.25) is 0 Å². The minimum absolute atomic E-state index is 0.221. The van der Waals surface area contributed by atoms with E-state index in [9.17, 15) is 13.2 Å². The molecular formula is C10H15F3N4S. The Morgan fingerprint density at radius 2 is 2.28 bits per heavy atom. The van der Waals surface area contributed by atoms with Crippen molar-refractivity contribution in [2.75, 3.05) is 24.5 Å². The van der Waals surface area contributed by atoms with Gasteiger partial charge in [-0.3, -0.25) is 0 Å². The molecule has 1 unspecified atom stereocenters. The lowest BCUT2D eigenvalue weighted by Gasteiger charge is -2.27. The SMILES string of the molecule is CCCN(c1nc(C(F)(F)F)ns1)C1CCNC1. The highest BCUT2D eigenvalue weighted by Crippen LogP contribution is 2.31. The predicted octanol–water partition coefficient (Wildman–Crippen LogP) is 2.14. The molecule has 8 heteroatoms. The largest absolute Gasteiger partial charge is 0.452 e. The summed E-state index contributed by atoms with van der Waals surface area (Å²) in [5.74, 6) is -1.03. The fourth-order valence-electron chi connectivity index (χ4n) is 2.03. The highest BCUT2D eigenvalue weighted by atomic mass is 32.1. The Balaban J connectivity index is 2.17. The second-order valence-corrected chi connectivity index (χ2v) is 4.97. The van der Waals surface area contributed by atoms with E-state index >= 15 is 0 Å². The van der Waals surface area contributed by atoms with Gasteiger partial charge in [0.1, 0.15) is 0 Å². The van der Waals surface area contributed by atoms with Gasteiger partial charge in [0.25, 0.3) is 0 Å². The molecule has 1 saturated heterocycles. The van der Waals surface area contributed by atoms with Crippen molar-refractivity contribution in [3.05, 3.63) is 5.82 Å². The van der Waals surface area contributed by atoms with E-state index in [1.54, 1.807) is 0 Å². The second kappa shape index (κ2) is 5.40. The van der Waals surface area contributed by atoms with E-state index in [-0.39, 0.29) is 6.04 Å². The van der Waals surface area contributed by atoms with Crippen molar-refractivity contribution < 1.29 is 13.2 Å². The van der Waals surface area contributed by atoms with Gasteiger partial charge in [-0.05, 0) is 19.4 Å². The first-order valence-corrected chi connectivity index (χ1v) is 6.68. The van der Waals surface area contributed by atoms with Crippen molar-refractivity contribution >= 4 is 16.7 Å². The Morgan fingerprint density at radius 1 is 1.50 bits per heavy atom. The fourth-order valence-corrected chi connectivity index (χ4v) is 2.81. The van der Waals surface area contributed by atoms with Gasteiger partial charge in [0.05, 0.1) is 0 Å². The summed E-state index contributed by atoms with van der Waals surface area (Å²) in [6.07, 6.45) is -2.65. The zero-order valence-corrected chi connectivity index (χ0v) is 10.8. The van der Waals surface area contributed by atoms with Crippen LogP contribution >= 0.6 is 11.5 Å². The van der Waals surface area contributed by atoms with Crippen LogP contribution in [0.15, 0.2) is 0 Å². The van der Waals surface area contributed by atoms with Crippen molar-refractivity contribution in [3.8, 4) is 0 Å². The van der Waals surface area contributed by atoms with E-state index < -0.39 is 12.0 Å². The van der Waals surface area contributed by atoms with E-state index in [1.807, 2.05) is 11.8 Å². The molecule has 0 spiro atoms. The lowest BCUT2D eigenvalue weighted by atomic mass is 10.2. The lowest BCUT2D eigenvalue weighted by Crippen LogP contribution is -2.37. The number of alkyl halides is 3. The average molecular weight is 280 g/mol. The summed E-state index contributed by atoms with van der Waals surface area (Å²) in [5.41, 5.74) is 0. The standard InChI is InChI=1S/C10H15F3N4S/c1-2-5-17(7-3-4-14-6-7)9-15-8(16-18-9)10(11,12)13/h7,14H,2-6H2,1H3. The van der Waals surface area contributed by atoms with Gasteiger partial charge in [-0.2, -0.15) is 22.5 Å². The summed E-state index contributed by atoms with van der Waals surface area (Å²) < 4.78 is 40.8. The quantitative estimate of drug-likeness (QED) is 0.917. The molecule has 0 amide bonds. The zero-order valence-electron chi connectivity index (χ0n) is 10.00. The molecule has 1 atom stereocenters. The van der Waals surface area contributed by atoms with Crippen LogP contribution in [0.4, 0.5) is 18.3 Å².